The second-order valence-electron chi connectivity index (χ2n) is 5.10. The average molecular weight is 278 g/mol. The van der Waals surface area contributed by atoms with Crippen LogP contribution in [0, 0.1) is 0 Å². The monoisotopic (exact) mass is 278 g/mol. The highest BCUT2D eigenvalue weighted by atomic mass is 16.7. The van der Waals surface area contributed by atoms with Crippen molar-refractivity contribution in [3.8, 4) is 11.5 Å². The number of hydrogen-bond donors (Lipinski definition) is 0. The molecule has 20 heavy (non-hydrogen) atoms. The molecule has 0 aromatic heterocycles. The molecule has 1 heterocycles. The largest absolute Gasteiger partial charge is 0.493 e. The molecule has 0 radical (unpaired) electrons. The second-order valence-corrected chi connectivity index (χ2v) is 5.10. The van der Waals surface area contributed by atoms with E-state index in [9.17, 15) is 4.79 Å². The van der Waals surface area contributed by atoms with Gasteiger partial charge >= 0.3 is 0 Å². The van der Waals surface area contributed by atoms with E-state index in [-0.39, 0.29) is 12.1 Å². The molecule has 2 rings (SSSR count). The molecule has 0 N–H and O–H groups in total. The number of ether oxygens (including phenoxy) is 3. The Bertz CT molecular complexity index is 450. The number of aryl methyl sites for hydroxylation is 1. The van der Waals surface area contributed by atoms with Gasteiger partial charge < -0.3 is 19.0 Å². The van der Waals surface area contributed by atoms with E-state index in [0.29, 0.717) is 17.9 Å². The highest BCUT2D eigenvalue weighted by Gasteiger charge is 2.17. The molecule has 0 spiro atoms. The Morgan fingerprint density at radius 3 is 2.85 bits per heavy atom. The van der Waals surface area contributed by atoms with Gasteiger partial charge in [-0.05, 0) is 43.9 Å². The molecule has 1 unspecified atom stereocenters. The SMILES string of the molecule is COc1cc(CCC(C)=O)ccc1OC1CCCCO1. The zero-order valence-corrected chi connectivity index (χ0v) is 12.2. The Balaban J connectivity index is 2.02. The van der Waals surface area contributed by atoms with Crippen LogP contribution in [0.15, 0.2) is 18.2 Å². The zero-order valence-electron chi connectivity index (χ0n) is 12.2. The molecule has 1 saturated heterocycles. The van der Waals surface area contributed by atoms with Gasteiger partial charge in [0.15, 0.2) is 17.8 Å². The number of methoxy groups -OCH3 is 1. The van der Waals surface area contributed by atoms with Crippen LogP contribution in [-0.4, -0.2) is 25.8 Å². The number of Topliss-reactive ketones (excluding diaryl/α,β-unsaturated/α-hetero) is 1. The minimum absolute atomic E-state index is 0.180. The summed E-state index contributed by atoms with van der Waals surface area (Å²) in [6, 6.07) is 5.80. The van der Waals surface area contributed by atoms with Crippen molar-refractivity contribution in [1.29, 1.82) is 0 Å². The molecule has 0 amide bonds. The summed E-state index contributed by atoms with van der Waals surface area (Å²) in [5.74, 6) is 1.59. The first kappa shape index (κ1) is 14.9. The van der Waals surface area contributed by atoms with Crippen molar-refractivity contribution in [2.75, 3.05) is 13.7 Å². The van der Waals surface area contributed by atoms with Crippen LogP contribution in [0.25, 0.3) is 0 Å². The summed E-state index contributed by atoms with van der Waals surface area (Å²) in [6.07, 6.45) is 4.24. The van der Waals surface area contributed by atoms with Crippen LogP contribution in [0.3, 0.4) is 0 Å². The molecule has 1 aliphatic heterocycles. The van der Waals surface area contributed by atoms with Crippen LogP contribution in [0.1, 0.15) is 38.2 Å². The maximum atomic E-state index is 11.0. The summed E-state index contributed by atoms with van der Waals surface area (Å²) >= 11 is 0. The number of rotatable bonds is 6. The van der Waals surface area contributed by atoms with Gasteiger partial charge in [-0.15, -0.1) is 0 Å². The van der Waals surface area contributed by atoms with Gasteiger partial charge in [0.05, 0.1) is 13.7 Å². The van der Waals surface area contributed by atoms with Gasteiger partial charge in [-0.25, -0.2) is 0 Å². The first-order valence-corrected chi connectivity index (χ1v) is 7.13. The smallest absolute Gasteiger partial charge is 0.200 e. The lowest BCUT2D eigenvalue weighted by atomic mass is 10.1. The molecule has 0 aliphatic carbocycles. The third-order valence-corrected chi connectivity index (χ3v) is 3.39. The van der Waals surface area contributed by atoms with Gasteiger partial charge in [0.25, 0.3) is 0 Å². The number of benzene rings is 1. The molecule has 1 aliphatic rings. The van der Waals surface area contributed by atoms with Gasteiger partial charge in [-0.1, -0.05) is 6.07 Å². The quantitative estimate of drug-likeness (QED) is 0.802. The van der Waals surface area contributed by atoms with Crippen molar-refractivity contribution < 1.29 is 19.0 Å². The van der Waals surface area contributed by atoms with Crippen LogP contribution in [0.4, 0.5) is 0 Å². The molecular weight excluding hydrogens is 256 g/mol. The molecule has 4 heteroatoms. The van der Waals surface area contributed by atoms with Crippen LogP contribution in [-0.2, 0) is 16.0 Å². The topological polar surface area (TPSA) is 44.8 Å². The summed E-state index contributed by atoms with van der Waals surface area (Å²) in [6.45, 7) is 2.36. The summed E-state index contributed by atoms with van der Waals surface area (Å²) in [4.78, 5) is 11.0. The van der Waals surface area contributed by atoms with E-state index in [0.717, 1.165) is 37.9 Å². The number of ketones is 1. The molecule has 1 fully saturated rings. The molecule has 0 bridgehead atoms. The van der Waals surface area contributed by atoms with Crippen LogP contribution >= 0.6 is 0 Å². The van der Waals surface area contributed by atoms with Crippen molar-refractivity contribution >= 4 is 5.78 Å². The van der Waals surface area contributed by atoms with Crippen LogP contribution in [0.2, 0.25) is 0 Å². The van der Waals surface area contributed by atoms with Crippen LogP contribution in [0.5, 0.6) is 11.5 Å². The first-order valence-electron chi connectivity index (χ1n) is 7.13. The Hall–Kier alpha value is -1.55. The Morgan fingerprint density at radius 1 is 1.35 bits per heavy atom. The molecule has 1 aromatic rings. The van der Waals surface area contributed by atoms with E-state index in [1.807, 2.05) is 18.2 Å². The highest BCUT2D eigenvalue weighted by molar-refractivity contribution is 5.75. The van der Waals surface area contributed by atoms with Gasteiger partial charge in [-0.3, -0.25) is 0 Å². The molecule has 1 atom stereocenters. The van der Waals surface area contributed by atoms with Crippen molar-refractivity contribution in [2.24, 2.45) is 0 Å². The molecule has 110 valence electrons. The lowest BCUT2D eigenvalue weighted by Crippen LogP contribution is -2.25. The fraction of sp³-hybridized carbons (Fsp3) is 0.562. The van der Waals surface area contributed by atoms with E-state index < -0.39 is 0 Å². The normalized spacial score (nSPS) is 18.6. The van der Waals surface area contributed by atoms with Crippen molar-refractivity contribution in [2.45, 2.75) is 45.3 Å². The Labute approximate surface area is 120 Å². The van der Waals surface area contributed by atoms with E-state index in [1.165, 1.54) is 0 Å². The lowest BCUT2D eigenvalue weighted by molar-refractivity contribution is -0.116. The first-order chi connectivity index (χ1) is 9.69. The number of hydrogen-bond acceptors (Lipinski definition) is 4. The van der Waals surface area contributed by atoms with Crippen molar-refractivity contribution in [1.82, 2.24) is 0 Å². The summed E-state index contributed by atoms with van der Waals surface area (Å²) in [5, 5.41) is 0. The van der Waals surface area contributed by atoms with Crippen LogP contribution < -0.4 is 9.47 Å². The van der Waals surface area contributed by atoms with Gasteiger partial charge in [0, 0.05) is 12.8 Å². The fourth-order valence-electron chi connectivity index (χ4n) is 2.23. The minimum Gasteiger partial charge on any atom is -0.493 e. The van der Waals surface area contributed by atoms with Gasteiger partial charge in [0.1, 0.15) is 5.78 Å². The number of carbonyl (C=O) groups is 1. The number of carbonyl (C=O) groups excluding carboxylic acids is 1. The van der Waals surface area contributed by atoms with Crippen molar-refractivity contribution in [3.63, 3.8) is 0 Å². The third-order valence-electron chi connectivity index (χ3n) is 3.39. The predicted octanol–water partition coefficient (Wildman–Crippen LogP) is 3.12. The fourth-order valence-corrected chi connectivity index (χ4v) is 2.23. The lowest BCUT2D eigenvalue weighted by Gasteiger charge is -2.24. The van der Waals surface area contributed by atoms with E-state index in [4.69, 9.17) is 14.2 Å². The molecular formula is C16H22O4. The zero-order chi connectivity index (χ0) is 14.4. The standard InChI is InChI=1S/C16H22O4/c1-12(17)6-7-13-8-9-14(15(11-13)18-2)20-16-5-3-4-10-19-16/h8-9,11,16H,3-7,10H2,1-2H3. The maximum Gasteiger partial charge on any atom is 0.200 e. The molecule has 4 nitrogen and oxygen atoms in total. The van der Waals surface area contributed by atoms with E-state index in [2.05, 4.69) is 0 Å². The van der Waals surface area contributed by atoms with E-state index >= 15 is 0 Å². The van der Waals surface area contributed by atoms with E-state index in [1.54, 1.807) is 14.0 Å². The average Bonchev–Trinajstić information content (AvgIpc) is 2.47. The highest BCUT2D eigenvalue weighted by Crippen LogP contribution is 2.31. The maximum absolute atomic E-state index is 11.0. The third kappa shape index (κ3) is 4.23. The summed E-state index contributed by atoms with van der Waals surface area (Å²) in [7, 11) is 1.62. The van der Waals surface area contributed by atoms with Gasteiger partial charge in [-0.2, -0.15) is 0 Å². The van der Waals surface area contributed by atoms with Crippen molar-refractivity contribution in [3.05, 3.63) is 23.8 Å². The Morgan fingerprint density at radius 2 is 2.20 bits per heavy atom. The predicted molar refractivity (Wildman–Crippen MR) is 76.2 cm³/mol. The summed E-state index contributed by atoms with van der Waals surface area (Å²) in [5.41, 5.74) is 1.08. The Kier molecular flexibility index (Phi) is 5.41. The summed E-state index contributed by atoms with van der Waals surface area (Å²) < 4.78 is 16.8. The van der Waals surface area contributed by atoms with Gasteiger partial charge in [0.2, 0.25) is 0 Å². The molecule has 1 aromatic carbocycles. The minimum atomic E-state index is -0.180. The second kappa shape index (κ2) is 7.29. The molecule has 0 saturated carbocycles.